The average Bonchev–Trinajstić information content (AvgIpc) is 3.01. The zero-order chi connectivity index (χ0) is 15.5. The van der Waals surface area contributed by atoms with E-state index in [0.29, 0.717) is 11.2 Å². The number of ether oxygens (including phenoxy) is 1. The second kappa shape index (κ2) is 4.40. The van der Waals surface area contributed by atoms with Crippen molar-refractivity contribution < 1.29 is 28.3 Å². The standard InChI is InChI=1S/C10H10N5O6P/c11-8-5-9(13-2-12-8)15(3-14-5)10-6(16)7-4(20-10)1-19-22(17,18)21-7/h2-3,6,10,16H,1H2,(H,17,18)(H2,11,12,13)/t6?,10-/m1/s1. The van der Waals surface area contributed by atoms with E-state index in [0.717, 1.165) is 0 Å². The fraction of sp³-hybridized carbons (Fsp3) is 0.300. The first-order valence-corrected chi connectivity index (χ1v) is 7.63. The first-order valence-electron chi connectivity index (χ1n) is 6.14. The molecule has 0 amide bonds. The normalized spacial score (nSPS) is 31.0. The Bertz CT molecular complexity index is 849. The number of aliphatic hydroxyl groups is 1. The van der Waals surface area contributed by atoms with Crippen LogP contribution in [0.3, 0.4) is 0 Å². The lowest BCUT2D eigenvalue weighted by Gasteiger charge is -2.19. The summed E-state index contributed by atoms with van der Waals surface area (Å²) in [7, 11) is -4.22. The molecule has 0 aliphatic carbocycles. The van der Waals surface area contributed by atoms with E-state index in [1.165, 1.54) is 17.2 Å². The Kier molecular flexibility index (Phi) is 2.69. The van der Waals surface area contributed by atoms with Crippen molar-refractivity contribution in [2.45, 2.75) is 12.3 Å². The summed E-state index contributed by atoms with van der Waals surface area (Å²) < 4.78 is 27.8. The number of phosphoric ester groups is 1. The van der Waals surface area contributed by atoms with Gasteiger partial charge in [-0.15, -0.1) is 0 Å². The Hall–Kier alpha value is -2.20. The molecule has 11 nitrogen and oxygen atoms in total. The molecular formula is C10H10N5O6P. The summed E-state index contributed by atoms with van der Waals surface area (Å²) in [6.45, 7) is -0.277. The number of rotatable bonds is 1. The van der Waals surface area contributed by atoms with E-state index in [4.69, 9.17) is 15.0 Å². The zero-order valence-corrected chi connectivity index (χ0v) is 11.8. The molecule has 4 rings (SSSR count). The molecule has 2 aromatic heterocycles. The smallest absolute Gasteiger partial charge is 0.465 e. The van der Waals surface area contributed by atoms with E-state index >= 15 is 0 Å². The minimum absolute atomic E-state index is 0.133. The summed E-state index contributed by atoms with van der Waals surface area (Å²) in [5, 5.41) is 10.3. The topological polar surface area (TPSA) is 155 Å². The summed E-state index contributed by atoms with van der Waals surface area (Å²) in [4.78, 5) is 21.3. The van der Waals surface area contributed by atoms with Crippen LogP contribution in [-0.4, -0.2) is 42.2 Å². The monoisotopic (exact) mass is 327 g/mol. The van der Waals surface area contributed by atoms with Gasteiger partial charge < -0.3 is 20.1 Å². The van der Waals surface area contributed by atoms with Crippen LogP contribution in [0.25, 0.3) is 11.2 Å². The van der Waals surface area contributed by atoms with Crippen LogP contribution in [0.1, 0.15) is 6.23 Å². The Morgan fingerprint density at radius 1 is 1.41 bits per heavy atom. The van der Waals surface area contributed by atoms with Gasteiger partial charge in [-0.3, -0.25) is 14.0 Å². The number of hydrogen-bond acceptors (Lipinski definition) is 9. The number of nitrogens with zero attached hydrogens (tertiary/aromatic N) is 4. The highest BCUT2D eigenvalue weighted by Gasteiger charge is 2.46. The lowest BCUT2D eigenvalue weighted by atomic mass is 10.2. The van der Waals surface area contributed by atoms with Gasteiger partial charge in [0, 0.05) is 0 Å². The van der Waals surface area contributed by atoms with Gasteiger partial charge >= 0.3 is 7.82 Å². The Labute approximate surface area is 122 Å². The number of imidazole rings is 1. The molecule has 2 aliphatic heterocycles. The molecule has 0 bridgehead atoms. The van der Waals surface area contributed by atoms with Crippen LogP contribution in [0.5, 0.6) is 0 Å². The molecule has 4 N–H and O–H groups in total. The molecular weight excluding hydrogens is 317 g/mol. The van der Waals surface area contributed by atoms with E-state index < -0.39 is 20.2 Å². The number of aromatic nitrogens is 4. The van der Waals surface area contributed by atoms with Crippen molar-refractivity contribution in [2.75, 3.05) is 12.3 Å². The number of hydrogen-bond donors (Lipinski definition) is 3. The highest BCUT2D eigenvalue weighted by atomic mass is 31.2. The molecule has 22 heavy (non-hydrogen) atoms. The third-order valence-corrected chi connectivity index (χ3v) is 4.19. The van der Waals surface area contributed by atoms with E-state index in [2.05, 4.69) is 19.5 Å². The van der Waals surface area contributed by atoms with Gasteiger partial charge in [0.25, 0.3) is 0 Å². The van der Waals surface area contributed by atoms with Crippen LogP contribution >= 0.6 is 7.82 Å². The third kappa shape index (κ3) is 1.87. The molecule has 0 aromatic carbocycles. The number of nitrogens with two attached hydrogens (primary N) is 1. The van der Waals surface area contributed by atoms with Gasteiger partial charge in [-0.25, -0.2) is 19.5 Å². The maximum absolute atomic E-state index is 11.4. The largest absolute Gasteiger partial charge is 0.527 e. The average molecular weight is 327 g/mol. The van der Waals surface area contributed by atoms with Gasteiger partial charge in [0.2, 0.25) is 6.23 Å². The molecule has 3 atom stereocenters. The van der Waals surface area contributed by atoms with E-state index in [9.17, 15) is 14.6 Å². The number of anilines is 1. The van der Waals surface area contributed by atoms with E-state index in [-0.39, 0.29) is 23.9 Å². The molecule has 116 valence electrons. The molecule has 0 radical (unpaired) electrons. The SMILES string of the molecule is Nc1ncnc2c1ncn2[C@@H]1OC2=C(OP(=O)(O)OC2)C1O. The lowest BCUT2D eigenvalue weighted by Crippen LogP contribution is -2.23. The van der Waals surface area contributed by atoms with Crippen molar-refractivity contribution in [1.82, 2.24) is 19.5 Å². The maximum Gasteiger partial charge on any atom is 0.527 e. The van der Waals surface area contributed by atoms with Gasteiger partial charge in [-0.2, -0.15) is 0 Å². The maximum atomic E-state index is 11.4. The molecule has 12 heteroatoms. The van der Waals surface area contributed by atoms with Crippen molar-refractivity contribution >= 4 is 24.8 Å². The predicted octanol–water partition coefficient (Wildman–Crippen LogP) is -0.343. The highest BCUT2D eigenvalue weighted by Crippen LogP contribution is 2.53. The lowest BCUT2D eigenvalue weighted by molar-refractivity contribution is -0.00633. The second-order valence-electron chi connectivity index (χ2n) is 4.66. The third-order valence-electron chi connectivity index (χ3n) is 3.31. The Morgan fingerprint density at radius 2 is 2.23 bits per heavy atom. The summed E-state index contributed by atoms with van der Waals surface area (Å²) in [6.07, 6.45) is 0.354. The molecule has 4 heterocycles. The van der Waals surface area contributed by atoms with Crippen molar-refractivity contribution in [2.24, 2.45) is 0 Å². The van der Waals surface area contributed by atoms with Crippen LogP contribution in [0.2, 0.25) is 0 Å². The highest BCUT2D eigenvalue weighted by molar-refractivity contribution is 7.47. The molecule has 0 saturated heterocycles. The second-order valence-corrected chi connectivity index (χ2v) is 6.03. The summed E-state index contributed by atoms with van der Waals surface area (Å²) in [6, 6.07) is 0. The van der Waals surface area contributed by atoms with Crippen molar-refractivity contribution in [3.63, 3.8) is 0 Å². The molecule has 0 spiro atoms. The van der Waals surface area contributed by atoms with Gasteiger partial charge in [-0.1, -0.05) is 0 Å². The summed E-state index contributed by atoms with van der Waals surface area (Å²) in [5.41, 5.74) is 6.41. The first kappa shape index (κ1) is 13.5. The van der Waals surface area contributed by atoms with Crippen LogP contribution in [0, 0.1) is 0 Å². The van der Waals surface area contributed by atoms with Crippen molar-refractivity contribution in [3.8, 4) is 0 Å². The van der Waals surface area contributed by atoms with Crippen molar-refractivity contribution in [1.29, 1.82) is 0 Å². The first-order chi connectivity index (χ1) is 10.5. The molecule has 0 saturated carbocycles. The minimum atomic E-state index is -4.22. The molecule has 2 aromatic rings. The van der Waals surface area contributed by atoms with Gasteiger partial charge in [0.05, 0.1) is 0 Å². The Morgan fingerprint density at radius 3 is 3.05 bits per heavy atom. The fourth-order valence-electron chi connectivity index (χ4n) is 2.33. The summed E-state index contributed by atoms with van der Waals surface area (Å²) in [5.74, 6) is 0.196. The molecule has 0 fully saturated rings. The molecule has 2 aliphatic rings. The van der Waals surface area contributed by atoms with E-state index in [1.807, 2.05) is 0 Å². The van der Waals surface area contributed by atoms with Gasteiger partial charge in [0.15, 0.2) is 29.1 Å². The number of phosphoric acid groups is 1. The predicted molar refractivity (Wildman–Crippen MR) is 69.8 cm³/mol. The number of fused-ring (bicyclic) bond motifs is 1. The minimum Gasteiger partial charge on any atom is -0.465 e. The van der Waals surface area contributed by atoms with E-state index in [1.54, 1.807) is 0 Å². The van der Waals surface area contributed by atoms with Gasteiger partial charge in [-0.05, 0) is 0 Å². The molecule has 2 unspecified atom stereocenters. The Balaban J connectivity index is 1.73. The van der Waals surface area contributed by atoms with Crippen LogP contribution in [0.15, 0.2) is 24.2 Å². The number of nitrogen functional groups attached to an aromatic ring is 1. The van der Waals surface area contributed by atoms with Crippen LogP contribution < -0.4 is 5.73 Å². The van der Waals surface area contributed by atoms with Crippen molar-refractivity contribution in [3.05, 3.63) is 24.2 Å². The van der Waals surface area contributed by atoms with Gasteiger partial charge in [0.1, 0.15) is 24.8 Å². The zero-order valence-electron chi connectivity index (χ0n) is 10.9. The van der Waals surface area contributed by atoms with Crippen LogP contribution in [-0.2, 0) is 18.3 Å². The number of aliphatic hydroxyl groups excluding tert-OH is 1. The fourth-order valence-corrected chi connectivity index (χ4v) is 3.12. The quantitative estimate of drug-likeness (QED) is 0.592. The van der Waals surface area contributed by atoms with Crippen LogP contribution in [0.4, 0.5) is 5.82 Å². The summed E-state index contributed by atoms with van der Waals surface area (Å²) >= 11 is 0.